The molecule has 0 bridgehead atoms. The minimum absolute atomic E-state index is 0.216. The van der Waals surface area contributed by atoms with Crippen molar-refractivity contribution >= 4 is 0 Å². The Morgan fingerprint density at radius 1 is 1.21 bits per heavy atom. The van der Waals surface area contributed by atoms with E-state index in [1.54, 1.807) is 6.07 Å². The van der Waals surface area contributed by atoms with E-state index in [0.29, 0.717) is 11.8 Å². The van der Waals surface area contributed by atoms with Gasteiger partial charge in [0, 0.05) is 17.6 Å². The first kappa shape index (κ1) is 14.4. The van der Waals surface area contributed by atoms with Crippen molar-refractivity contribution in [2.45, 2.75) is 64.5 Å². The fourth-order valence-corrected chi connectivity index (χ4v) is 3.39. The lowest BCUT2D eigenvalue weighted by atomic mass is 9.82. The number of para-hydroxylation sites is 1. The van der Waals surface area contributed by atoms with E-state index < -0.39 is 0 Å². The van der Waals surface area contributed by atoms with Gasteiger partial charge < -0.3 is 10.4 Å². The van der Waals surface area contributed by atoms with Crippen LogP contribution in [0.15, 0.2) is 24.3 Å². The number of phenols is 1. The van der Waals surface area contributed by atoms with Gasteiger partial charge in [0.1, 0.15) is 5.75 Å². The molecular formula is C17H27NO. The van der Waals surface area contributed by atoms with Crippen molar-refractivity contribution in [2.75, 3.05) is 0 Å². The Bertz CT molecular complexity index is 385. The molecule has 1 aromatic rings. The second-order valence-electron chi connectivity index (χ2n) is 5.86. The summed E-state index contributed by atoms with van der Waals surface area (Å²) in [7, 11) is 0. The minimum atomic E-state index is 0.216. The van der Waals surface area contributed by atoms with Crippen LogP contribution in [0.25, 0.3) is 0 Å². The van der Waals surface area contributed by atoms with E-state index in [2.05, 4.69) is 19.2 Å². The molecule has 0 aromatic heterocycles. The largest absolute Gasteiger partial charge is 0.508 e. The topological polar surface area (TPSA) is 32.3 Å². The summed E-state index contributed by atoms with van der Waals surface area (Å²) in [5.41, 5.74) is 1.01. The van der Waals surface area contributed by atoms with Crippen LogP contribution in [0.2, 0.25) is 0 Å². The molecule has 0 heterocycles. The summed E-state index contributed by atoms with van der Waals surface area (Å²) in [4.78, 5) is 0. The Labute approximate surface area is 117 Å². The van der Waals surface area contributed by atoms with Crippen molar-refractivity contribution in [1.82, 2.24) is 5.32 Å². The molecule has 1 saturated carbocycles. The highest BCUT2D eigenvalue weighted by Crippen LogP contribution is 2.30. The van der Waals surface area contributed by atoms with Crippen LogP contribution in [0.5, 0.6) is 5.75 Å². The third kappa shape index (κ3) is 3.73. The van der Waals surface area contributed by atoms with Gasteiger partial charge in [0.2, 0.25) is 0 Å². The molecule has 0 radical (unpaired) electrons. The van der Waals surface area contributed by atoms with Gasteiger partial charge in [0.05, 0.1) is 0 Å². The third-order valence-electron chi connectivity index (χ3n) is 4.53. The second-order valence-corrected chi connectivity index (χ2v) is 5.86. The molecule has 0 amide bonds. The van der Waals surface area contributed by atoms with Crippen LogP contribution in [0.4, 0.5) is 0 Å². The summed E-state index contributed by atoms with van der Waals surface area (Å²) in [6.07, 6.45) is 8.06. The Morgan fingerprint density at radius 3 is 2.53 bits per heavy atom. The number of hydrogen-bond donors (Lipinski definition) is 2. The van der Waals surface area contributed by atoms with Crippen molar-refractivity contribution in [3.05, 3.63) is 29.8 Å². The third-order valence-corrected chi connectivity index (χ3v) is 4.53. The molecule has 0 saturated heterocycles. The van der Waals surface area contributed by atoms with E-state index >= 15 is 0 Å². The smallest absolute Gasteiger partial charge is 0.120 e. The molecule has 2 nitrogen and oxygen atoms in total. The average Bonchev–Trinajstić information content (AvgIpc) is 2.46. The standard InChI is InChI=1S/C17H27NO/c1-3-16(14-9-5-4-6-10-14)18-13(2)15-11-7-8-12-17(15)19/h7-8,11-14,16,18-19H,3-6,9-10H2,1-2H3. The number of aromatic hydroxyl groups is 1. The quantitative estimate of drug-likeness (QED) is 0.823. The summed E-state index contributed by atoms with van der Waals surface area (Å²) in [6.45, 7) is 4.42. The molecule has 2 N–H and O–H groups in total. The first-order chi connectivity index (χ1) is 9.22. The Morgan fingerprint density at radius 2 is 1.89 bits per heavy atom. The fourth-order valence-electron chi connectivity index (χ4n) is 3.39. The van der Waals surface area contributed by atoms with Gasteiger partial charge in [0.25, 0.3) is 0 Å². The lowest BCUT2D eigenvalue weighted by Gasteiger charge is -2.32. The Hall–Kier alpha value is -1.02. The van der Waals surface area contributed by atoms with Gasteiger partial charge in [-0.3, -0.25) is 0 Å². The maximum Gasteiger partial charge on any atom is 0.120 e. The van der Waals surface area contributed by atoms with Gasteiger partial charge >= 0.3 is 0 Å². The minimum Gasteiger partial charge on any atom is -0.508 e. The normalized spacial score (nSPS) is 20.1. The summed E-state index contributed by atoms with van der Waals surface area (Å²) in [6, 6.07) is 8.46. The molecule has 19 heavy (non-hydrogen) atoms. The van der Waals surface area contributed by atoms with Crippen molar-refractivity contribution in [1.29, 1.82) is 0 Å². The number of benzene rings is 1. The van der Waals surface area contributed by atoms with E-state index in [0.717, 1.165) is 11.5 Å². The summed E-state index contributed by atoms with van der Waals surface area (Å²) in [5.74, 6) is 1.22. The molecular weight excluding hydrogens is 234 g/mol. The van der Waals surface area contributed by atoms with Crippen LogP contribution in [-0.2, 0) is 0 Å². The average molecular weight is 261 g/mol. The number of hydrogen-bond acceptors (Lipinski definition) is 2. The molecule has 1 aromatic carbocycles. The van der Waals surface area contributed by atoms with Gasteiger partial charge in [0.15, 0.2) is 0 Å². The van der Waals surface area contributed by atoms with E-state index in [1.807, 2.05) is 18.2 Å². The maximum absolute atomic E-state index is 9.94. The van der Waals surface area contributed by atoms with Crippen molar-refractivity contribution in [3.63, 3.8) is 0 Å². The van der Waals surface area contributed by atoms with E-state index in [-0.39, 0.29) is 6.04 Å². The van der Waals surface area contributed by atoms with E-state index in [9.17, 15) is 5.11 Å². The molecule has 0 spiro atoms. The number of rotatable bonds is 5. The van der Waals surface area contributed by atoms with Crippen LogP contribution in [0.1, 0.15) is 64.0 Å². The molecule has 1 fully saturated rings. The molecule has 2 heteroatoms. The first-order valence-corrected chi connectivity index (χ1v) is 7.76. The predicted octanol–water partition coefficient (Wildman–Crippen LogP) is 4.40. The van der Waals surface area contributed by atoms with Crippen LogP contribution >= 0.6 is 0 Å². The van der Waals surface area contributed by atoms with Crippen LogP contribution < -0.4 is 5.32 Å². The zero-order valence-corrected chi connectivity index (χ0v) is 12.2. The van der Waals surface area contributed by atoms with Crippen molar-refractivity contribution in [2.24, 2.45) is 5.92 Å². The zero-order valence-electron chi connectivity index (χ0n) is 12.2. The Balaban J connectivity index is 1.99. The van der Waals surface area contributed by atoms with E-state index in [1.165, 1.54) is 38.5 Å². The van der Waals surface area contributed by atoms with Gasteiger partial charge in [-0.2, -0.15) is 0 Å². The van der Waals surface area contributed by atoms with Gasteiger partial charge in [-0.05, 0) is 38.2 Å². The molecule has 106 valence electrons. The highest BCUT2D eigenvalue weighted by molar-refractivity contribution is 5.34. The van der Waals surface area contributed by atoms with Gasteiger partial charge in [-0.1, -0.05) is 44.4 Å². The summed E-state index contributed by atoms with van der Waals surface area (Å²) >= 11 is 0. The van der Waals surface area contributed by atoms with Crippen molar-refractivity contribution in [3.8, 4) is 5.75 Å². The second kappa shape index (κ2) is 6.95. The predicted molar refractivity (Wildman–Crippen MR) is 80.3 cm³/mol. The molecule has 2 atom stereocenters. The molecule has 0 aliphatic heterocycles. The van der Waals surface area contributed by atoms with Crippen LogP contribution in [0.3, 0.4) is 0 Å². The molecule has 2 unspecified atom stereocenters. The monoisotopic (exact) mass is 261 g/mol. The van der Waals surface area contributed by atoms with Gasteiger partial charge in [-0.15, -0.1) is 0 Å². The highest BCUT2D eigenvalue weighted by atomic mass is 16.3. The fraction of sp³-hybridized carbons (Fsp3) is 0.647. The van der Waals surface area contributed by atoms with Gasteiger partial charge in [-0.25, -0.2) is 0 Å². The SMILES string of the molecule is CCC(NC(C)c1ccccc1O)C1CCCCC1. The molecule has 1 aliphatic carbocycles. The molecule has 1 aliphatic rings. The zero-order chi connectivity index (χ0) is 13.7. The van der Waals surface area contributed by atoms with Crippen molar-refractivity contribution < 1.29 is 5.11 Å². The number of nitrogens with one attached hydrogen (secondary N) is 1. The Kier molecular flexibility index (Phi) is 5.26. The van der Waals surface area contributed by atoms with Crippen LogP contribution in [0, 0.1) is 5.92 Å². The maximum atomic E-state index is 9.94. The van der Waals surface area contributed by atoms with Crippen LogP contribution in [-0.4, -0.2) is 11.1 Å². The number of phenolic OH excluding ortho intramolecular Hbond substituents is 1. The molecule has 2 rings (SSSR count). The summed E-state index contributed by atoms with van der Waals surface area (Å²) in [5, 5.41) is 13.7. The van der Waals surface area contributed by atoms with E-state index in [4.69, 9.17) is 0 Å². The highest BCUT2D eigenvalue weighted by Gasteiger charge is 2.24. The summed E-state index contributed by atoms with van der Waals surface area (Å²) < 4.78 is 0. The lowest BCUT2D eigenvalue weighted by Crippen LogP contribution is -2.38. The lowest BCUT2D eigenvalue weighted by molar-refractivity contribution is 0.248. The first-order valence-electron chi connectivity index (χ1n) is 7.76.